The topological polar surface area (TPSA) is 39.1 Å². The third-order valence-electron chi connectivity index (χ3n) is 4.29. The van der Waals surface area contributed by atoms with Crippen molar-refractivity contribution in [2.75, 3.05) is 13.6 Å². The number of allylic oxidation sites excluding steroid dienone is 3. The monoisotopic (exact) mass is 349 g/mol. The number of halogens is 4. The molecule has 0 aromatic heterocycles. The average molecular weight is 350 g/mol. The van der Waals surface area contributed by atoms with Crippen LogP contribution in [0.5, 0.6) is 0 Å². The van der Waals surface area contributed by atoms with Crippen molar-refractivity contribution in [2.24, 2.45) is 11.3 Å². The first kappa shape index (κ1) is 19.6. The van der Waals surface area contributed by atoms with Gasteiger partial charge in [0.25, 0.3) is 0 Å². The molecule has 130 valence electrons. The molecule has 0 saturated heterocycles. The Labute approximate surface area is 140 Å². The van der Waals surface area contributed by atoms with Gasteiger partial charge in [0.15, 0.2) is 0 Å². The largest absolute Gasteiger partial charge is 0.401 e. The fourth-order valence-electron chi connectivity index (χ4n) is 2.61. The van der Waals surface area contributed by atoms with Crippen LogP contribution in [0.25, 0.3) is 0 Å². The van der Waals surface area contributed by atoms with Crippen molar-refractivity contribution in [1.82, 2.24) is 10.2 Å². The van der Waals surface area contributed by atoms with Gasteiger partial charge in [-0.1, -0.05) is 32.0 Å². The summed E-state index contributed by atoms with van der Waals surface area (Å²) in [5.74, 6) is -0.0592. The van der Waals surface area contributed by atoms with Gasteiger partial charge in [0.05, 0.1) is 11.4 Å². The molecule has 0 bridgehead atoms. The molecule has 3 nitrogen and oxygen atoms in total. The van der Waals surface area contributed by atoms with Gasteiger partial charge in [-0.25, -0.2) is 0 Å². The Hall–Kier alpha value is -1.43. The van der Waals surface area contributed by atoms with Crippen molar-refractivity contribution in [3.05, 3.63) is 35.8 Å². The lowest BCUT2D eigenvalue weighted by Crippen LogP contribution is -2.43. The van der Waals surface area contributed by atoms with E-state index in [4.69, 9.17) is 17.0 Å². The molecular formula is C16H23ClF3N3. The second-order valence-corrected chi connectivity index (χ2v) is 6.44. The smallest absolute Gasteiger partial charge is 0.372 e. The van der Waals surface area contributed by atoms with Crippen LogP contribution in [0.4, 0.5) is 13.2 Å². The van der Waals surface area contributed by atoms with Crippen molar-refractivity contribution in [1.29, 1.82) is 5.41 Å². The minimum Gasteiger partial charge on any atom is -0.372 e. The van der Waals surface area contributed by atoms with Gasteiger partial charge in [-0.3, -0.25) is 5.41 Å². The van der Waals surface area contributed by atoms with Crippen LogP contribution in [-0.2, 0) is 0 Å². The molecule has 1 aliphatic heterocycles. The van der Waals surface area contributed by atoms with E-state index in [0.29, 0.717) is 17.8 Å². The van der Waals surface area contributed by atoms with Crippen molar-refractivity contribution in [2.45, 2.75) is 33.4 Å². The van der Waals surface area contributed by atoms with Crippen LogP contribution >= 0.6 is 11.6 Å². The maximum absolute atomic E-state index is 13.7. The maximum atomic E-state index is 13.7. The molecule has 1 heterocycles. The Balaban J connectivity index is 3.40. The fourth-order valence-corrected chi connectivity index (χ4v) is 2.72. The van der Waals surface area contributed by atoms with E-state index in [0.717, 1.165) is 0 Å². The summed E-state index contributed by atoms with van der Waals surface area (Å²) < 4.78 is 41.0. The minimum atomic E-state index is -4.41. The SMILES string of the molecule is C=CC1=C(N/C(=C\C(=N)Cl)C(C)CC)C(C)(C(F)(F)F)CN1C. The number of nitrogens with zero attached hydrogens (tertiary/aromatic N) is 1. The fraction of sp³-hybridized carbons (Fsp3) is 0.562. The van der Waals surface area contributed by atoms with Gasteiger partial charge in [0.2, 0.25) is 0 Å². The first-order valence-corrected chi connectivity index (χ1v) is 7.73. The standard InChI is InChI=1S/C16H23ClF3N3/c1-6-10(3)11(8-13(17)21)22-14-12(7-2)23(5)9-15(14,4)16(18,19)20/h7-8,10,21-22H,2,6,9H2,1,3-5H3/b11-8-,21-13?. The van der Waals surface area contributed by atoms with Crippen molar-refractivity contribution in [3.8, 4) is 0 Å². The first-order chi connectivity index (χ1) is 10.5. The van der Waals surface area contributed by atoms with Crippen molar-refractivity contribution in [3.63, 3.8) is 0 Å². The Morgan fingerprint density at radius 3 is 2.52 bits per heavy atom. The zero-order valence-corrected chi connectivity index (χ0v) is 14.6. The molecule has 7 heteroatoms. The summed E-state index contributed by atoms with van der Waals surface area (Å²) in [6, 6.07) is 0. The zero-order chi connectivity index (χ0) is 18.0. The van der Waals surface area contributed by atoms with Crippen LogP contribution in [0.2, 0.25) is 0 Å². The van der Waals surface area contributed by atoms with Gasteiger partial charge in [-0.2, -0.15) is 13.2 Å². The van der Waals surface area contributed by atoms with Crippen LogP contribution in [0.15, 0.2) is 35.8 Å². The molecule has 1 aliphatic rings. The number of rotatable bonds is 6. The first-order valence-electron chi connectivity index (χ1n) is 7.35. The highest BCUT2D eigenvalue weighted by molar-refractivity contribution is 6.67. The second kappa shape index (κ2) is 6.99. The number of likely N-dealkylation sites (N-methyl/N-ethyl adjacent to an activating group) is 1. The molecule has 0 fully saturated rings. The third kappa shape index (κ3) is 3.91. The summed E-state index contributed by atoms with van der Waals surface area (Å²) in [7, 11) is 1.60. The number of hydrogen-bond donors (Lipinski definition) is 2. The quantitative estimate of drug-likeness (QED) is 0.686. The van der Waals surface area contributed by atoms with Crippen LogP contribution in [0.1, 0.15) is 27.2 Å². The molecule has 0 radical (unpaired) electrons. The van der Waals surface area contributed by atoms with Gasteiger partial charge in [0.1, 0.15) is 10.6 Å². The summed E-state index contributed by atoms with van der Waals surface area (Å²) in [4.78, 5) is 1.53. The molecule has 23 heavy (non-hydrogen) atoms. The van der Waals surface area contributed by atoms with E-state index in [2.05, 4.69) is 11.9 Å². The highest BCUT2D eigenvalue weighted by Crippen LogP contribution is 2.49. The molecule has 0 amide bonds. The second-order valence-electron chi connectivity index (χ2n) is 6.03. The molecule has 2 atom stereocenters. The van der Waals surface area contributed by atoms with Gasteiger partial charge in [0, 0.05) is 19.3 Å². The summed E-state index contributed by atoms with van der Waals surface area (Å²) >= 11 is 5.62. The molecule has 2 N–H and O–H groups in total. The molecule has 2 unspecified atom stereocenters. The van der Waals surface area contributed by atoms with Crippen LogP contribution in [0.3, 0.4) is 0 Å². The van der Waals surface area contributed by atoms with Crippen molar-refractivity contribution >= 4 is 16.8 Å². The van der Waals surface area contributed by atoms with Gasteiger partial charge < -0.3 is 10.2 Å². The van der Waals surface area contributed by atoms with E-state index < -0.39 is 11.6 Å². The van der Waals surface area contributed by atoms with E-state index in [1.54, 1.807) is 7.05 Å². The summed E-state index contributed by atoms with van der Waals surface area (Å²) in [5, 5.41) is 10.1. The predicted octanol–water partition coefficient (Wildman–Crippen LogP) is 4.63. The van der Waals surface area contributed by atoms with E-state index in [1.807, 2.05) is 13.8 Å². The molecule has 0 saturated carbocycles. The lowest BCUT2D eigenvalue weighted by atomic mass is 9.86. The van der Waals surface area contributed by atoms with Gasteiger partial charge >= 0.3 is 6.18 Å². The predicted molar refractivity (Wildman–Crippen MR) is 88.3 cm³/mol. The number of alkyl halides is 3. The van der Waals surface area contributed by atoms with Gasteiger partial charge in [-0.05, 0) is 31.4 Å². The van der Waals surface area contributed by atoms with E-state index in [1.165, 1.54) is 24.0 Å². The Morgan fingerprint density at radius 1 is 1.57 bits per heavy atom. The molecule has 0 aliphatic carbocycles. The Kier molecular flexibility index (Phi) is 5.96. The Morgan fingerprint density at radius 2 is 2.13 bits per heavy atom. The van der Waals surface area contributed by atoms with E-state index in [9.17, 15) is 13.2 Å². The molecule has 0 aromatic rings. The van der Waals surface area contributed by atoms with Gasteiger partial charge in [-0.15, -0.1) is 0 Å². The van der Waals surface area contributed by atoms with E-state index in [-0.39, 0.29) is 23.3 Å². The summed E-state index contributed by atoms with van der Waals surface area (Å²) in [6.45, 7) is 8.40. The normalized spacial score (nSPS) is 24.0. The third-order valence-corrected chi connectivity index (χ3v) is 4.40. The number of hydrogen-bond acceptors (Lipinski definition) is 3. The Bertz CT molecular complexity index is 551. The number of nitrogens with one attached hydrogen (secondary N) is 2. The highest BCUT2D eigenvalue weighted by atomic mass is 35.5. The highest BCUT2D eigenvalue weighted by Gasteiger charge is 2.58. The van der Waals surface area contributed by atoms with Crippen LogP contribution in [0, 0.1) is 16.7 Å². The molecule has 0 spiro atoms. The summed E-state index contributed by atoms with van der Waals surface area (Å²) in [5.41, 5.74) is -1.09. The zero-order valence-electron chi connectivity index (χ0n) is 13.8. The van der Waals surface area contributed by atoms with E-state index >= 15 is 0 Å². The molecule has 0 aromatic carbocycles. The van der Waals surface area contributed by atoms with Crippen LogP contribution in [-0.4, -0.2) is 29.8 Å². The average Bonchev–Trinajstić information content (AvgIpc) is 2.67. The van der Waals surface area contributed by atoms with Crippen LogP contribution < -0.4 is 5.32 Å². The lowest BCUT2D eigenvalue weighted by Gasteiger charge is -2.32. The lowest BCUT2D eigenvalue weighted by molar-refractivity contribution is -0.203. The summed E-state index contributed by atoms with van der Waals surface area (Å²) in [6.07, 6.45) is -0.931. The van der Waals surface area contributed by atoms with Crippen molar-refractivity contribution < 1.29 is 13.2 Å². The molecular weight excluding hydrogens is 327 g/mol. The minimum absolute atomic E-state index is 0.0481. The maximum Gasteiger partial charge on any atom is 0.401 e. The molecule has 1 rings (SSSR count).